The number of hydrogen-bond acceptors (Lipinski definition) is 2. The molecule has 1 atom stereocenters. The van der Waals surface area contributed by atoms with Crippen molar-refractivity contribution in [1.29, 1.82) is 0 Å². The molecule has 0 aliphatic heterocycles. The third-order valence-corrected chi connectivity index (χ3v) is 3.47. The maximum Gasteiger partial charge on any atom is 0.115 e. The predicted molar refractivity (Wildman–Crippen MR) is 55.9 cm³/mol. The molecule has 1 unspecified atom stereocenters. The van der Waals surface area contributed by atoms with E-state index in [0.717, 1.165) is 23.7 Å². The molecule has 1 aliphatic carbocycles. The smallest absolute Gasteiger partial charge is 0.115 e. The molecule has 1 aliphatic rings. The number of nitrogens with zero attached hydrogens (tertiary/aromatic N) is 2. The van der Waals surface area contributed by atoms with Crippen LogP contribution in [0, 0.1) is 12.8 Å². The van der Waals surface area contributed by atoms with Crippen LogP contribution in [0.1, 0.15) is 24.2 Å². The topological polar surface area (TPSA) is 25.8 Å². The number of halogens is 1. The molecule has 0 N–H and O–H groups in total. The second-order valence-corrected chi connectivity index (χ2v) is 4.88. The quantitative estimate of drug-likeness (QED) is 0.760. The normalized spacial score (nSPS) is 18.6. The highest BCUT2D eigenvalue weighted by Gasteiger charge is 2.29. The van der Waals surface area contributed by atoms with Gasteiger partial charge in [0, 0.05) is 22.6 Å². The number of alkyl halides is 1. The Morgan fingerprint density at radius 2 is 2.31 bits per heavy atom. The van der Waals surface area contributed by atoms with Gasteiger partial charge in [0.1, 0.15) is 6.33 Å². The molecule has 0 spiro atoms. The van der Waals surface area contributed by atoms with E-state index in [4.69, 9.17) is 0 Å². The number of hydrogen-bond donors (Lipinski definition) is 0. The molecule has 13 heavy (non-hydrogen) atoms. The first kappa shape index (κ1) is 9.13. The van der Waals surface area contributed by atoms with Gasteiger partial charge in [-0.25, -0.2) is 9.97 Å². The van der Waals surface area contributed by atoms with E-state index < -0.39 is 0 Å². The summed E-state index contributed by atoms with van der Waals surface area (Å²) in [5.74, 6) is 0.885. The van der Waals surface area contributed by atoms with Crippen molar-refractivity contribution < 1.29 is 0 Å². The number of aryl methyl sites for hydroxylation is 1. The second-order valence-electron chi connectivity index (χ2n) is 3.71. The molecule has 2 rings (SSSR count). The minimum Gasteiger partial charge on any atom is -0.242 e. The van der Waals surface area contributed by atoms with E-state index >= 15 is 0 Å². The van der Waals surface area contributed by atoms with E-state index in [9.17, 15) is 0 Å². The van der Waals surface area contributed by atoms with Gasteiger partial charge in [-0.1, -0.05) is 15.9 Å². The van der Waals surface area contributed by atoms with Gasteiger partial charge in [-0.05, 0) is 31.7 Å². The van der Waals surface area contributed by atoms with Gasteiger partial charge >= 0.3 is 0 Å². The molecule has 1 heterocycles. The SMILES string of the molecule is Cc1cc(CC(Br)C2CC2)ncn1. The van der Waals surface area contributed by atoms with Crippen molar-refractivity contribution in [2.75, 3.05) is 0 Å². The third kappa shape index (κ3) is 2.50. The summed E-state index contributed by atoms with van der Waals surface area (Å²) in [7, 11) is 0. The first-order valence-electron chi connectivity index (χ1n) is 4.67. The standard InChI is InChI=1S/C10H13BrN2/c1-7-4-9(13-6-12-7)5-10(11)8-2-3-8/h4,6,8,10H,2-3,5H2,1H3. The molecule has 1 aromatic rings. The van der Waals surface area contributed by atoms with Crippen LogP contribution in [-0.4, -0.2) is 14.8 Å². The van der Waals surface area contributed by atoms with Crippen molar-refractivity contribution in [3.8, 4) is 0 Å². The van der Waals surface area contributed by atoms with Crippen LogP contribution in [0.3, 0.4) is 0 Å². The van der Waals surface area contributed by atoms with Crippen molar-refractivity contribution in [3.05, 3.63) is 23.8 Å². The largest absolute Gasteiger partial charge is 0.242 e. The van der Waals surface area contributed by atoms with E-state index in [0.29, 0.717) is 4.83 Å². The minimum atomic E-state index is 0.613. The van der Waals surface area contributed by atoms with Gasteiger partial charge in [-0.2, -0.15) is 0 Å². The summed E-state index contributed by atoms with van der Waals surface area (Å²) in [5.41, 5.74) is 2.21. The zero-order chi connectivity index (χ0) is 9.26. The van der Waals surface area contributed by atoms with Crippen molar-refractivity contribution in [2.45, 2.75) is 31.0 Å². The average Bonchev–Trinajstić information content (AvgIpc) is 2.85. The van der Waals surface area contributed by atoms with Gasteiger partial charge in [-0.15, -0.1) is 0 Å². The van der Waals surface area contributed by atoms with Crippen molar-refractivity contribution in [1.82, 2.24) is 9.97 Å². The fourth-order valence-corrected chi connectivity index (χ4v) is 2.31. The van der Waals surface area contributed by atoms with Gasteiger partial charge < -0.3 is 0 Å². The van der Waals surface area contributed by atoms with Gasteiger partial charge in [0.05, 0.1) is 0 Å². The van der Waals surface area contributed by atoms with Gasteiger partial charge in [0.25, 0.3) is 0 Å². The Morgan fingerprint density at radius 3 is 2.92 bits per heavy atom. The molecule has 0 bridgehead atoms. The Morgan fingerprint density at radius 1 is 1.54 bits per heavy atom. The molecule has 3 heteroatoms. The van der Waals surface area contributed by atoms with Gasteiger partial charge in [-0.3, -0.25) is 0 Å². The lowest BCUT2D eigenvalue weighted by atomic mass is 10.1. The molecule has 1 aromatic heterocycles. The lowest BCUT2D eigenvalue weighted by molar-refractivity contribution is 0.742. The van der Waals surface area contributed by atoms with E-state index in [1.165, 1.54) is 12.8 Å². The van der Waals surface area contributed by atoms with Crippen LogP contribution in [0.2, 0.25) is 0 Å². The molecule has 0 saturated heterocycles. The molecule has 0 aromatic carbocycles. The van der Waals surface area contributed by atoms with Gasteiger partial charge in [0.15, 0.2) is 0 Å². The third-order valence-electron chi connectivity index (χ3n) is 2.40. The highest BCUT2D eigenvalue weighted by molar-refractivity contribution is 9.09. The Kier molecular flexibility index (Phi) is 2.63. The van der Waals surface area contributed by atoms with Crippen LogP contribution in [0.5, 0.6) is 0 Å². The van der Waals surface area contributed by atoms with E-state index in [-0.39, 0.29) is 0 Å². The van der Waals surface area contributed by atoms with Gasteiger partial charge in [0.2, 0.25) is 0 Å². The van der Waals surface area contributed by atoms with E-state index in [1.807, 2.05) is 6.92 Å². The molecule has 1 saturated carbocycles. The van der Waals surface area contributed by atoms with E-state index in [2.05, 4.69) is 32.0 Å². The maximum absolute atomic E-state index is 4.25. The lowest BCUT2D eigenvalue weighted by Crippen LogP contribution is -2.06. The highest BCUT2D eigenvalue weighted by atomic mass is 79.9. The Bertz CT molecular complexity index is 297. The Balaban J connectivity index is 2.00. The van der Waals surface area contributed by atoms with Crippen LogP contribution in [0.15, 0.2) is 12.4 Å². The lowest BCUT2D eigenvalue weighted by Gasteiger charge is -2.06. The molecule has 2 nitrogen and oxygen atoms in total. The summed E-state index contributed by atoms with van der Waals surface area (Å²) in [6.45, 7) is 2.01. The Hall–Kier alpha value is -0.440. The molecule has 1 fully saturated rings. The summed E-state index contributed by atoms with van der Waals surface area (Å²) in [6.07, 6.45) is 5.44. The fraction of sp³-hybridized carbons (Fsp3) is 0.600. The number of aromatic nitrogens is 2. The first-order chi connectivity index (χ1) is 6.25. The zero-order valence-electron chi connectivity index (χ0n) is 7.70. The summed E-state index contributed by atoms with van der Waals surface area (Å²) in [6, 6.07) is 2.07. The monoisotopic (exact) mass is 240 g/mol. The van der Waals surface area contributed by atoms with Crippen LogP contribution < -0.4 is 0 Å². The molecule has 70 valence electrons. The van der Waals surface area contributed by atoms with E-state index in [1.54, 1.807) is 6.33 Å². The fourth-order valence-electron chi connectivity index (χ4n) is 1.45. The summed E-state index contributed by atoms with van der Waals surface area (Å²) < 4.78 is 0. The van der Waals surface area contributed by atoms with Crippen LogP contribution >= 0.6 is 15.9 Å². The summed E-state index contributed by atoms with van der Waals surface area (Å²) in [4.78, 5) is 8.94. The Labute approximate surface area is 86.9 Å². The van der Waals surface area contributed by atoms with Crippen LogP contribution in [0.4, 0.5) is 0 Å². The molecular weight excluding hydrogens is 228 g/mol. The van der Waals surface area contributed by atoms with Crippen LogP contribution in [0.25, 0.3) is 0 Å². The van der Waals surface area contributed by atoms with Crippen LogP contribution in [-0.2, 0) is 6.42 Å². The van der Waals surface area contributed by atoms with Crippen molar-refractivity contribution in [3.63, 3.8) is 0 Å². The zero-order valence-corrected chi connectivity index (χ0v) is 9.29. The van der Waals surface area contributed by atoms with Crippen molar-refractivity contribution >= 4 is 15.9 Å². The molecule has 0 radical (unpaired) electrons. The maximum atomic E-state index is 4.25. The highest BCUT2D eigenvalue weighted by Crippen LogP contribution is 2.37. The summed E-state index contributed by atoms with van der Waals surface area (Å²) in [5, 5.41) is 0. The minimum absolute atomic E-state index is 0.613. The molecule has 0 amide bonds. The summed E-state index contributed by atoms with van der Waals surface area (Å²) >= 11 is 3.71. The second kappa shape index (κ2) is 3.74. The molecular formula is C10H13BrN2. The average molecular weight is 241 g/mol. The number of rotatable bonds is 3. The first-order valence-corrected chi connectivity index (χ1v) is 5.59. The van der Waals surface area contributed by atoms with Crippen molar-refractivity contribution in [2.24, 2.45) is 5.92 Å². The predicted octanol–water partition coefficient (Wildman–Crippen LogP) is 2.50.